The van der Waals surface area contributed by atoms with Crippen molar-refractivity contribution in [2.75, 3.05) is 6.61 Å². The van der Waals surface area contributed by atoms with Crippen molar-refractivity contribution in [3.63, 3.8) is 0 Å². The number of amides is 1. The number of halogens is 1. The Morgan fingerprint density at radius 3 is 2.64 bits per heavy atom. The molecule has 1 N–H and O–H groups in total. The molecule has 0 bridgehead atoms. The molecular weight excluding hydrogens is 230 g/mol. The van der Waals surface area contributed by atoms with Gasteiger partial charge in [-0.25, -0.2) is 16.6 Å². The van der Waals surface area contributed by atoms with Crippen molar-refractivity contribution in [1.82, 2.24) is 5.32 Å². The van der Waals surface area contributed by atoms with Crippen LogP contribution in [0.5, 0.6) is 0 Å². The average Bonchev–Trinajstić information content (AvgIpc) is 2.33. The topological polar surface area (TPSA) is 72.5 Å². The van der Waals surface area contributed by atoms with Gasteiger partial charge >= 0.3 is 6.09 Å². The zero-order chi connectivity index (χ0) is 10.7. The number of hydrogen-bond donors (Lipinski definition) is 1. The van der Waals surface area contributed by atoms with Crippen LogP contribution in [0.25, 0.3) is 0 Å². The summed E-state index contributed by atoms with van der Waals surface area (Å²) in [6.07, 6.45) is -0.708. The Bertz CT molecular complexity index is 283. The minimum atomic E-state index is -1.44. The molecule has 1 fully saturated rings. The predicted octanol–water partition coefficient (Wildman–Crippen LogP) is -0.562. The first-order valence-corrected chi connectivity index (χ1v) is 6.04. The van der Waals surface area contributed by atoms with Crippen molar-refractivity contribution in [2.45, 2.75) is 18.3 Å². The third kappa shape index (κ3) is 2.39. The molecule has 1 rings (SSSR count). The number of carbonyl (C=O) groups excluding carboxylic acids is 3. The van der Waals surface area contributed by atoms with Crippen LogP contribution in [0.3, 0.4) is 0 Å². The Morgan fingerprint density at radius 2 is 2.21 bits per heavy atom. The maximum absolute atomic E-state index is 11.2. The predicted molar refractivity (Wildman–Crippen MR) is 56.8 cm³/mol. The van der Waals surface area contributed by atoms with E-state index in [1.54, 1.807) is 6.92 Å². The van der Waals surface area contributed by atoms with E-state index in [2.05, 4.69) is 10.1 Å². The summed E-state index contributed by atoms with van der Waals surface area (Å²) >= 11 is 4.22. The van der Waals surface area contributed by atoms with Crippen molar-refractivity contribution in [1.29, 1.82) is 0 Å². The van der Waals surface area contributed by atoms with E-state index in [1.165, 1.54) is 0 Å². The quantitative estimate of drug-likeness (QED) is 0.658. The standard InChI is InChI=1S/C7H12ClNO4S/c1-2-13-7(12)9-4-3(8)5(10)14-6(4)11/h3-4H,2H2,1H3,14H4,(H,9,12). The zero-order valence-electron chi connectivity index (χ0n) is 7.58. The maximum atomic E-state index is 11.2. The Hall–Kier alpha value is -0.750. The SMILES string of the molecule is CCOC(=O)NC1C(=O)[SH4]C(=O)C1Cl. The minimum Gasteiger partial charge on any atom is -0.450 e. The van der Waals surface area contributed by atoms with Crippen molar-refractivity contribution in [3.05, 3.63) is 0 Å². The minimum absolute atomic E-state index is 0.213. The molecule has 1 amide bonds. The molecule has 1 aliphatic heterocycles. The van der Waals surface area contributed by atoms with Gasteiger partial charge in [-0.05, 0) is 6.92 Å². The number of hydrogen-bond acceptors (Lipinski definition) is 4. The van der Waals surface area contributed by atoms with Gasteiger partial charge in [0.2, 0.25) is 0 Å². The highest BCUT2D eigenvalue weighted by Gasteiger charge is 2.39. The Morgan fingerprint density at radius 1 is 1.57 bits per heavy atom. The number of rotatable bonds is 2. The summed E-state index contributed by atoms with van der Waals surface area (Å²) in [4.78, 5) is 33.2. The van der Waals surface area contributed by atoms with Crippen molar-refractivity contribution in [2.24, 2.45) is 0 Å². The average molecular weight is 242 g/mol. The van der Waals surface area contributed by atoms with E-state index in [0.29, 0.717) is 0 Å². The van der Waals surface area contributed by atoms with E-state index >= 15 is 0 Å². The lowest BCUT2D eigenvalue weighted by molar-refractivity contribution is -0.113. The lowest BCUT2D eigenvalue weighted by Gasteiger charge is -2.12. The fraction of sp³-hybridized carbons (Fsp3) is 0.571. The van der Waals surface area contributed by atoms with E-state index in [9.17, 15) is 14.4 Å². The second-order valence-electron chi connectivity index (χ2n) is 2.85. The number of alkyl halides is 1. The number of alkyl carbamates (subject to hydrolysis) is 1. The van der Waals surface area contributed by atoms with Gasteiger partial charge in [0, 0.05) is 0 Å². The van der Waals surface area contributed by atoms with Gasteiger partial charge in [-0.1, -0.05) is 0 Å². The Balaban J connectivity index is 2.56. The molecule has 1 heterocycles. The van der Waals surface area contributed by atoms with Gasteiger partial charge in [-0.15, -0.1) is 11.6 Å². The molecule has 2 unspecified atom stereocenters. The van der Waals surface area contributed by atoms with Crippen LogP contribution in [0.1, 0.15) is 6.92 Å². The number of ether oxygens (including phenoxy) is 1. The maximum Gasteiger partial charge on any atom is 0.407 e. The molecule has 82 valence electrons. The Labute approximate surface area is 89.5 Å². The van der Waals surface area contributed by atoms with Crippen molar-refractivity contribution < 1.29 is 19.1 Å². The molecule has 2 atom stereocenters. The van der Waals surface area contributed by atoms with E-state index in [0.717, 1.165) is 0 Å². The molecule has 1 aliphatic rings. The fourth-order valence-electron chi connectivity index (χ4n) is 1.18. The van der Waals surface area contributed by atoms with Crippen LogP contribution in [0.15, 0.2) is 0 Å². The van der Waals surface area contributed by atoms with E-state index in [-0.39, 0.29) is 16.8 Å². The molecule has 0 aromatic carbocycles. The molecular formula is C7H12ClNO4S. The fourth-order valence-corrected chi connectivity index (χ4v) is 3.10. The van der Waals surface area contributed by atoms with Gasteiger partial charge in [0.25, 0.3) is 0 Å². The third-order valence-corrected chi connectivity index (χ3v) is 4.18. The smallest absolute Gasteiger partial charge is 0.407 e. The highest BCUT2D eigenvalue weighted by molar-refractivity contribution is 8.27. The second kappa shape index (κ2) is 4.65. The molecule has 1 saturated heterocycles. The zero-order valence-corrected chi connectivity index (χ0v) is 9.75. The molecule has 0 spiro atoms. The van der Waals surface area contributed by atoms with Crippen LogP contribution in [-0.4, -0.2) is 34.3 Å². The molecule has 0 aromatic heterocycles. The van der Waals surface area contributed by atoms with Gasteiger partial charge in [-0.2, -0.15) is 0 Å². The van der Waals surface area contributed by atoms with Crippen LogP contribution in [-0.2, 0) is 14.3 Å². The third-order valence-electron chi connectivity index (χ3n) is 1.84. The van der Waals surface area contributed by atoms with Gasteiger partial charge in [-0.3, -0.25) is 9.59 Å². The summed E-state index contributed by atoms with van der Waals surface area (Å²) in [7, 11) is 0. The largest absolute Gasteiger partial charge is 0.450 e. The summed E-state index contributed by atoms with van der Waals surface area (Å²) in [5.74, 6) is 0. The van der Waals surface area contributed by atoms with Gasteiger partial charge in [0.1, 0.15) is 11.4 Å². The molecule has 0 aromatic rings. The van der Waals surface area contributed by atoms with E-state index in [1.807, 2.05) is 0 Å². The number of nitrogens with one attached hydrogen (secondary N) is 1. The van der Waals surface area contributed by atoms with Crippen LogP contribution in [0.4, 0.5) is 4.79 Å². The monoisotopic (exact) mass is 241 g/mol. The number of carbonyl (C=O) groups is 3. The molecule has 0 radical (unpaired) electrons. The first-order chi connectivity index (χ1) is 6.56. The lowest BCUT2D eigenvalue weighted by Crippen LogP contribution is -2.43. The van der Waals surface area contributed by atoms with Crippen LogP contribution in [0.2, 0.25) is 0 Å². The first-order valence-electron chi connectivity index (χ1n) is 4.19. The van der Waals surface area contributed by atoms with E-state index in [4.69, 9.17) is 11.6 Å². The summed E-state index contributed by atoms with van der Waals surface area (Å²) < 4.78 is 4.58. The van der Waals surface area contributed by atoms with Crippen LogP contribution in [0, 0.1) is 0 Å². The summed E-state index contributed by atoms with van der Waals surface area (Å²) in [6.45, 7) is 1.86. The molecule has 14 heavy (non-hydrogen) atoms. The van der Waals surface area contributed by atoms with Gasteiger partial charge in [0.15, 0.2) is 10.2 Å². The highest BCUT2D eigenvalue weighted by Crippen LogP contribution is 2.26. The van der Waals surface area contributed by atoms with Crippen LogP contribution < -0.4 is 5.32 Å². The second-order valence-corrected chi connectivity index (χ2v) is 5.07. The normalized spacial score (nSPS) is 27.0. The van der Waals surface area contributed by atoms with E-state index < -0.39 is 29.3 Å². The molecule has 0 aliphatic carbocycles. The molecule has 7 heteroatoms. The Kier molecular flexibility index (Phi) is 3.77. The van der Waals surface area contributed by atoms with Crippen LogP contribution >= 0.6 is 23.4 Å². The summed E-state index contributed by atoms with van der Waals surface area (Å²) in [5.41, 5.74) is 0. The highest BCUT2D eigenvalue weighted by atomic mass is 35.5. The lowest BCUT2D eigenvalue weighted by atomic mass is 10.2. The summed E-state index contributed by atoms with van der Waals surface area (Å²) in [5, 5.41) is 0.920. The molecule has 0 saturated carbocycles. The van der Waals surface area contributed by atoms with Gasteiger partial charge in [0.05, 0.1) is 6.61 Å². The summed E-state index contributed by atoms with van der Waals surface area (Å²) in [6, 6.07) is -0.880. The van der Waals surface area contributed by atoms with Crippen molar-refractivity contribution >= 4 is 39.7 Å². The molecule has 5 nitrogen and oxygen atoms in total. The van der Waals surface area contributed by atoms with Gasteiger partial charge < -0.3 is 10.1 Å². The first kappa shape index (κ1) is 11.3. The van der Waals surface area contributed by atoms with Crippen molar-refractivity contribution in [3.8, 4) is 0 Å².